The van der Waals surface area contributed by atoms with E-state index in [4.69, 9.17) is 0 Å². The highest BCUT2D eigenvalue weighted by atomic mass is 16.2. The lowest BCUT2D eigenvalue weighted by Crippen LogP contribution is -2.45. The van der Waals surface area contributed by atoms with Crippen LogP contribution in [-0.2, 0) is 11.3 Å². The Hall–Kier alpha value is -1.42. The molecule has 1 aromatic heterocycles. The number of carbonyl (C=O) groups is 1. The molecule has 1 spiro atoms. The predicted octanol–water partition coefficient (Wildman–Crippen LogP) is 3.00. The fourth-order valence-electron chi connectivity index (χ4n) is 4.54. The number of hydrogen-bond donors (Lipinski definition) is 0. The Kier molecular flexibility index (Phi) is 4.33. The van der Waals surface area contributed by atoms with Gasteiger partial charge in [-0.2, -0.15) is 0 Å². The number of aryl methyl sites for hydroxylation is 1. The van der Waals surface area contributed by atoms with Crippen molar-refractivity contribution in [2.24, 2.45) is 11.3 Å². The average molecular weight is 327 g/mol. The molecule has 0 N–H and O–H groups in total. The molecular formula is C20H29N3O. The van der Waals surface area contributed by atoms with Gasteiger partial charge in [-0.05, 0) is 63.6 Å². The van der Waals surface area contributed by atoms with Crippen LogP contribution in [0.15, 0.2) is 18.2 Å². The van der Waals surface area contributed by atoms with Crippen molar-refractivity contribution in [1.82, 2.24) is 14.8 Å². The molecule has 0 bridgehead atoms. The first-order chi connectivity index (χ1) is 11.6. The molecule has 3 heterocycles. The van der Waals surface area contributed by atoms with Gasteiger partial charge < -0.3 is 4.90 Å². The van der Waals surface area contributed by atoms with Gasteiger partial charge in [0.05, 0.1) is 5.69 Å². The largest absolute Gasteiger partial charge is 0.342 e. The molecule has 1 amide bonds. The van der Waals surface area contributed by atoms with Gasteiger partial charge in [-0.1, -0.05) is 6.07 Å². The number of nitrogens with zero attached hydrogens (tertiary/aromatic N) is 3. The van der Waals surface area contributed by atoms with E-state index in [1.54, 1.807) is 0 Å². The number of likely N-dealkylation sites (tertiary alicyclic amines) is 2. The standard InChI is InChI=1S/C20H29N3O/c1-16-4-2-5-18(21-16)13-22-10-3-8-20(14-22)9-11-23(15-20)19(24)12-17-6-7-17/h2,4-5,17H,3,6-15H2,1H3/t20-/m0/s1. The molecule has 1 aliphatic carbocycles. The highest BCUT2D eigenvalue weighted by Crippen LogP contribution is 2.40. The van der Waals surface area contributed by atoms with Gasteiger partial charge >= 0.3 is 0 Å². The van der Waals surface area contributed by atoms with Crippen LogP contribution in [0, 0.1) is 18.3 Å². The highest BCUT2D eigenvalue weighted by molar-refractivity contribution is 5.77. The van der Waals surface area contributed by atoms with Crippen LogP contribution >= 0.6 is 0 Å². The first-order valence-corrected chi connectivity index (χ1v) is 9.55. The van der Waals surface area contributed by atoms with Crippen molar-refractivity contribution < 1.29 is 4.79 Å². The maximum atomic E-state index is 12.4. The SMILES string of the molecule is Cc1cccc(CN2CCC[C@]3(CCN(C(=O)CC4CC4)C3)C2)n1. The molecule has 1 aromatic rings. The van der Waals surface area contributed by atoms with E-state index in [0.29, 0.717) is 17.2 Å². The first-order valence-electron chi connectivity index (χ1n) is 9.55. The van der Waals surface area contributed by atoms with Gasteiger partial charge in [0, 0.05) is 43.7 Å². The number of rotatable bonds is 4. The lowest BCUT2D eigenvalue weighted by Gasteiger charge is -2.40. The summed E-state index contributed by atoms with van der Waals surface area (Å²) < 4.78 is 0. The van der Waals surface area contributed by atoms with E-state index >= 15 is 0 Å². The number of hydrogen-bond acceptors (Lipinski definition) is 3. The molecule has 2 aliphatic heterocycles. The van der Waals surface area contributed by atoms with E-state index in [1.165, 1.54) is 37.8 Å². The average Bonchev–Trinajstić information content (AvgIpc) is 3.27. The third kappa shape index (κ3) is 3.64. The molecule has 0 unspecified atom stereocenters. The Balaban J connectivity index is 1.36. The number of aromatic nitrogens is 1. The van der Waals surface area contributed by atoms with Crippen molar-refractivity contribution >= 4 is 5.91 Å². The van der Waals surface area contributed by atoms with E-state index in [-0.39, 0.29) is 0 Å². The smallest absolute Gasteiger partial charge is 0.222 e. The third-order valence-corrected chi connectivity index (χ3v) is 6.02. The summed E-state index contributed by atoms with van der Waals surface area (Å²) in [7, 11) is 0. The number of carbonyl (C=O) groups excluding carboxylic acids is 1. The van der Waals surface area contributed by atoms with Gasteiger partial charge in [-0.25, -0.2) is 0 Å². The van der Waals surface area contributed by atoms with Crippen molar-refractivity contribution in [1.29, 1.82) is 0 Å². The van der Waals surface area contributed by atoms with Gasteiger partial charge in [-0.15, -0.1) is 0 Å². The molecule has 130 valence electrons. The van der Waals surface area contributed by atoms with Crippen molar-refractivity contribution in [3.63, 3.8) is 0 Å². The first kappa shape index (κ1) is 16.1. The Bertz CT molecular complexity index is 613. The van der Waals surface area contributed by atoms with Crippen molar-refractivity contribution in [2.45, 2.75) is 52.0 Å². The summed E-state index contributed by atoms with van der Waals surface area (Å²) in [5, 5.41) is 0. The summed E-state index contributed by atoms with van der Waals surface area (Å²) >= 11 is 0. The van der Waals surface area contributed by atoms with Crippen LogP contribution in [0.3, 0.4) is 0 Å². The summed E-state index contributed by atoms with van der Waals surface area (Å²) in [4.78, 5) is 21.8. The molecule has 2 saturated heterocycles. The van der Waals surface area contributed by atoms with Crippen LogP contribution < -0.4 is 0 Å². The fraction of sp³-hybridized carbons (Fsp3) is 0.700. The molecule has 1 saturated carbocycles. The van der Waals surface area contributed by atoms with Gasteiger partial charge in [0.1, 0.15) is 0 Å². The molecule has 3 fully saturated rings. The maximum Gasteiger partial charge on any atom is 0.222 e. The maximum absolute atomic E-state index is 12.4. The normalized spacial score (nSPS) is 27.8. The Morgan fingerprint density at radius 3 is 2.92 bits per heavy atom. The molecule has 4 heteroatoms. The van der Waals surface area contributed by atoms with Crippen LogP contribution in [0.1, 0.15) is 49.9 Å². The van der Waals surface area contributed by atoms with E-state index in [2.05, 4.69) is 39.9 Å². The van der Waals surface area contributed by atoms with Crippen LogP contribution in [0.2, 0.25) is 0 Å². The minimum Gasteiger partial charge on any atom is -0.342 e. The topological polar surface area (TPSA) is 36.4 Å². The van der Waals surface area contributed by atoms with E-state index in [1.807, 2.05) is 0 Å². The molecule has 1 atom stereocenters. The second kappa shape index (κ2) is 6.47. The van der Waals surface area contributed by atoms with Gasteiger partial charge in [0.25, 0.3) is 0 Å². The second-order valence-electron chi connectivity index (χ2n) is 8.30. The van der Waals surface area contributed by atoms with Crippen molar-refractivity contribution in [3.8, 4) is 0 Å². The second-order valence-corrected chi connectivity index (χ2v) is 8.30. The van der Waals surface area contributed by atoms with Crippen molar-refractivity contribution in [3.05, 3.63) is 29.6 Å². The predicted molar refractivity (Wildman–Crippen MR) is 94.5 cm³/mol. The van der Waals surface area contributed by atoms with Gasteiger partial charge in [0.2, 0.25) is 5.91 Å². The summed E-state index contributed by atoms with van der Waals surface area (Å²) in [5.74, 6) is 1.11. The zero-order valence-corrected chi connectivity index (χ0v) is 14.8. The summed E-state index contributed by atoms with van der Waals surface area (Å²) in [6.07, 6.45) is 7.03. The molecule has 0 aromatic carbocycles. The lowest BCUT2D eigenvalue weighted by molar-refractivity contribution is -0.131. The third-order valence-electron chi connectivity index (χ3n) is 6.02. The molecular weight excluding hydrogens is 298 g/mol. The summed E-state index contributed by atoms with van der Waals surface area (Å²) in [6, 6.07) is 6.29. The van der Waals surface area contributed by atoms with Crippen LogP contribution in [0.4, 0.5) is 0 Å². The van der Waals surface area contributed by atoms with Gasteiger partial charge in [0.15, 0.2) is 0 Å². The lowest BCUT2D eigenvalue weighted by atomic mass is 9.79. The summed E-state index contributed by atoms with van der Waals surface area (Å²) in [6.45, 7) is 7.24. The minimum atomic E-state index is 0.335. The molecule has 24 heavy (non-hydrogen) atoms. The molecule has 0 radical (unpaired) electrons. The molecule has 4 nitrogen and oxygen atoms in total. The Morgan fingerprint density at radius 2 is 2.12 bits per heavy atom. The van der Waals surface area contributed by atoms with Crippen LogP contribution in [0.5, 0.6) is 0 Å². The van der Waals surface area contributed by atoms with E-state index < -0.39 is 0 Å². The Labute approximate surface area is 145 Å². The quantitative estimate of drug-likeness (QED) is 0.853. The van der Waals surface area contributed by atoms with Crippen LogP contribution in [0.25, 0.3) is 0 Å². The van der Waals surface area contributed by atoms with Crippen molar-refractivity contribution in [2.75, 3.05) is 26.2 Å². The van der Waals surface area contributed by atoms with Gasteiger partial charge in [-0.3, -0.25) is 14.7 Å². The highest BCUT2D eigenvalue weighted by Gasteiger charge is 2.43. The molecule has 4 rings (SSSR count). The minimum absolute atomic E-state index is 0.335. The zero-order valence-electron chi connectivity index (χ0n) is 14.8. The van der Waals surface area contributed by atoms with E-state index in [9.17, 15) is 4.79 Å². The van der Waals surface area contributed by atoms with Crippen LogP contribution in [-0.4, -0.2) is 46.9 Å². The Morgan fingerprint density at radius 1 is 1.25 bits per heavy atom. The summed E-state index contributed by atoms with van der Waals surface area (Å²) in [5.41, 5.74) is 2.60. The fourth-order valence-corrected chi connectivity index (χ4v) is 4.54. The molecule has 3 aliphatic rings. The zero-order chi connectivity index (χ0) is 16.6. The monoisotopic (exact) mass is 327 g/mol. The number of pyridine rings is 1. The number of amides is 1. The number of piperidine rings is 1. The van der Waals surface area contributed by atoms with E-state index in [0.717, 1.165) is 44.8 Å².